The highest BCUT2D eigenvalue weighted by atomic mass is 35.5. The first kappa shape index (κ1) is 13.6. The number of aliphatic hydroxyl groups excluding tert-OH is 1. The van der Waals surface area contributed by atoms with E-state index in [1.54, 1.807) is 18.2 Å². The van der Waals surface area contributed by atoms with Crippen molar-refractivity contribution in [2.45, 2.75) is 6.10 Å². The van der Waals surface area contributed by atoms with E-state index in [4.69, 9.17) is 22.1 Å². The summed E-state index contributed by atoms with van der Waals surface area (Å²) in [4.78, 5) is 0. The summed E-state index contributed by atoms with van der Waals surface area (Å²) >= 11 is 6.13. The van der Waals surface area contributed by atoms with Gasteiger partial charge >= 0.3 is 0 Å². The number of rotatable bonds is 3. The average Bonchev–Trinajstić information content (AvgIpc) is 2.41. The van der Waals surface area contributed by atoms with Crippen LogP contribution in [0.4, 0.5) is 10.1 Å². The maximum Gasteiger partial charge on any atom is 0.137 e. The van der Waals surface area contributed by atoms with Crippen molar-refractivity contribution in [3.8, 4) is 5.75 Å². The van der Waals surface area contributed by atoms with Gasteiger partial charge in [0.25, 0.3) is 0 Å². The lowest BCUT2D eigenvalue weighted by molar-refractivity contribution is 0.220. The molecule has 0 saturated heterocycles. The Morgan fingerprint density at radius 3 is 2.68 bits per heavy atom. The minimum Gasteiger partial charge on any atom is -0.495 e. The number of halogens is 2. The van der Waals surface area contributed by atoms with Crippen LogP contribution in [0.3, 0.4) is 0 Å². The molecular formula is C14H13ClFNO2. The molecule has 0 aromatic heterocycles. The first-order valence-corrected chi connectivity index (χ1v) is 5.97. The number of nitrogens with two attached hydrogens (primary N) is 1. The van der Waals surface area contributed by atoms with Gasteiger partial charge in [0.1, 0.15) is 17.7 Å². The van der Waals surface area contributed by atoms with E-state index in [0.717, 1.165) is 0 Å². The maximum absolute atomic E-state index is 13.2. The van der Waals surface area contributed by atoms with Gasteiger partial charge in [0.05, 0.1) is 12.1 Å². The minimum absolute atomic E-state index is 0.273. The Hall–Kier alpha value is -1.78. The molecule has 2 rings (SSSR count). The van der Waals surface area contributed by atoms with Crippen LogP contribution in [0.2, 0.25) is 5.02 Å². The number of nitrogen functional groups attached to an aromatic ring is 1. The SMILES string of the molecule is COc1cccc([C@H](O)c2cc(F)ccc2N)c1Cl. The lowest BCUT2D eigenvalue weighted by Crippen LogP contribution is -2.05. The fourth-order valence-corrected chi connectivity index (χ4v) is 2.15. The molecule has 0 aliphatic heterocycles. The Kier molecular flexibility index (Phi) is 3.93. The van der Waals surface area contributed by atoms with Crippen LogP contribution in [0.5, 0.6) is 5.75 Å². The van der Waals surface area contributed by atoms with E-state index >= 15 is 0 Å². The Morgan fingerprint density at radius 2 is 2.00 bits per heavy atom. The van der Waals surface area contributed by atoms with Crippen LogP contribution >= 0.6 is 11.6 Å². The van der Waals surface area contributed by atoms with Crippen LogP contribution in [0.25, 0.3) is 0 Å². The molecule has 0 radical (unpaired) electrons. The zero-order valence-corrected chi connectivity index (χ0v) is 11.0. The van der Waals surface area contributed by atoms with Crippen LogP contribution in [0, 0.1) is 5.82 Å². The van der Waals surface area contributed by atoms with Crippen LogP contribution in [0.15, 0.2) is 36.4 Å². The topological polar surface area (TPSA) is 55.5 Å². The van der Waals surface area contributed by atoms with Crippen molar-refractivity contribution in [2.75, 3.05) is 12.8 Å². The number of aliphatic hydroxyl groups is 1. The molecule has 0 spiro atoms. The zero-order valence-electron chi connectivity index (χ0n) is 10.2. The largest absolute Gasteiger partial charge is 0.495 e. The highest BCUT2D eigenvalue weighted by Gasteiger charge is 2.19. The highest BCUT2D eigenvalue weighted by molar-refractivity contribution is 6.32. The van der Waals surface area contributed by atoms with E-state index in [2.05, 4.69) is 0 Å². The van der Waals surface area contributed by atoms with Gasteiger partial charge in [0.15, 0.2) is 0 Å². The molecule has 2 aromatic rings. The second kappa shape index (κ2) is 5.47. The van der Waals surface area contributed by atoms with E-state index in [1.807, 2.05) is 0 Å². The Labute approximate surface area is 115 Å². The molecule has 3 N–H and O–H groups in total. The molecule has 0 fully saturated rings. The molecule has 0 heterocycles. The monoisotopic (exact) mass is 281 g/mol. The number of hydrogen-bond acceptors (Lipinski definition) is 3. The summed E-state index contributed by atoms with van der Waals surface area (Å²) in [6.07, 6.45) is -1.11. The number of benzene rings is 2. The first-order valence-electron chi connectivity index (χ1n) is 5.60. The quantitative estimate of drug-likeness (QED) is 0.850. The molecule has 3 nitrogen and oxygen atoms in total. The van der Waals surface area contributed by atoms with Gasteiger partial charge in [-0.05, 0) is 24.3 Å². The van der Waals surface area contributed by atoms with Gasteiger partial charge in [-0.15, -0.1) is 0 Å². The van der Waals surface area contributed by atoms with Crippen LogP contribution in [0.1, 0.15) is 17.2 Å². The molecule has 1 atom stereocenters. The van der Waals surface area contributed by atoms with Crippen molar-refractivity contribution >= 4 is 17.3 Å². The summed E-state index contributed by atoms with van der Waals surface area (Å²) in [5.41, 5.74) is 6.73. The highest BCUT2D eigenvalue weighted by Crippen LogP contribution is 2.36. The lowest BCUT2D eigenvalue weighted by Gasteiger charge is -2.16. The summed E-state index contributed by atoms with van der Waals surface area (Å²) in [5, 5.41) is 10.6. The van der Waals surface area contributed by atoms with Gasteiger partial charge < -0.3 is 15.6 Å². The number of anilines is 1. The standard InChI is InChI=1S/C14H13ClFNO2/c1-19-12-4-2-3-9(13(12)15)14(18)10-7-8(16)5-6-11(10)17/h2-7,14,18H,17H2,1H3/t14-/m0/s1. The molecule has 0 aliphatic rings. The normalized spacial score (nSPS) is 12.2. The number of ether oxygens (including phenoxy) is 1. The van der Waals surface area contributed by atoms with E-state index in [0.29, 0.717) is 17.0 Å². The Bertz CT molecular complexity index is 604. The first-order chi connectivity index (χ1) is 9.04. The molecule has 5 heteroatoms. The van der Waals surface area contributed by atoms with Gasteiger partial charge in [0, 0.05) is 16.8 Å². The fourth-order valence-electron chi connectivity index (χ4n) is 1.85. The van der Waals surface area contributed by atoms with E-state index < -0.39 is 11.9 Å². The molecule has 0 bridgehead atoms. The lowest BCUT2D eigenvalue weighted by atomic mass is 9.99. The molecular weight excluding hydrogens is 269 g/mol. The van der Waals surface area contributed by atoms with Crippen molar-refractivity contribution < 1.29 is 14.2 Å². The second-order valence-electron chi connectivity index (χ2n) is 4.04. The summed E-state index contributed by atoms with van der Waals surface area (Å²) in [5.74, 6) is -0.0320. The molecule has 2 aromatic carbocycles. The summed E-state index contributed by atoms with van der Waals surface area (Å²) in [7, 11) is 1.48. The van der Waals surface area contributed by atoms with Crippen molar-refractivity contribution in [2.24, 2.45) is 0 Å². The van der Waals surface area contributed by atoms with Crippen LogP contribution in [-0.4, -0.2) is 12.2 Å². The number of hydrogen-bond donors (Lipinski definition) is 2. The van der Waals surface area contributed by atoms with E-state index in [1.165, 1.54) is 25.3 Å². The van der Waals surface area contributed by atoms with Crippen molar-refractivity contribution in [3.05, 3.63) is 58.4 Å². The average molecular weight is 282 g/mol. The third-order valence-electron chi connectivity index (χ3n) is 2.85. The van der Waals surface area contributed by atoms with Crippen molar-refractivity contribution in [3.63, 3.8) is 0 Å². The van der Waals surface area contributed by atoms with Crippen LogP contribution < -0.4 is 10.5 Å². The third kappa shape index (κ3) is 2.64. The Balaban J connectivity index is 2.50. The van der Waals surface area contributed by atoms with E-state index in [9.17, 15) is 9.50 Å². The van der Waals surface area contributed by atoms with Crippen molar-refractivity contribution in [1.82, 2.24) is 0 Å². The molecule has 0 saturated carbocycles. The predicted octanol–water partition coefficient (Wildman–Crippen LogP) is 3.15. The second-order valence-corrected chi connectivity index (χ2v) is 4.42. The van der Waals surface area contributed by atoms with Crippen molar-refractivity contribution in [1.29, 1.82) is 0 Å². The number of methoxy groups -OCH3 is 1. The van der Waals surface area contributed by atoms with Gasteiger partial charge in [-0.25, -0.2) is 4.39 Å². The van der Waals surface area contributed by atoms with Gasteiger partial charge in [-0.1, -0.05) is 23.7 Å². The van der Waals surface area contributed by atoms with Crippen LogP contribution in [-0.2, 0) is 0 Å². The van der Waals surface area contributed by atoms with Gasteiger partial charge in [0.2, 0.25) is 0 Å². The summed E-state index contributed by atoms with van der Waals surface area (Å²) in [6.45, 7) is 0. The summed E-state index contributed by atoms with van der Waals surface area (Å²) in [6, 6.07) is 8.84. The third-order valence-corrected chi connectivity index (χ3v) is 3.26. The Morgan fingerprint density at radius 1 is 1.26 bits per heavy atom. The molecule has 0 aliphatic carbocycles. The van der Waals surface area contributed by atoms with Gasteiger partial charge in [-0.2, -0.15) is 0 Å². The van der Waals surface area contributed by atoms with E-state index in [-0.39, 0.29) is 10.6 Å². The zero-order chi connectivity index (χ0) is 14.0. The smallest absolute Gasteiger partial charge is 0.137 e. The summed E-state index contributed by atoms with van der Waals surface area (Å²) < 4.78 is 18.3. The molecule has 0 unspecified atom stereocenters. The minimum atomic E-state index is -1.11. The van der Waals surface area contributed by atoms with Gasteiger partial charge in [-0.3, -0.25) is 0 Å². The maximum atomic E-state index is 13.2. The molecule has 19 heavy (non-hydrogen) atoms. The fraction of sp³-hybridized carbons (Fsp3) is 0.143. The predicted molar refractivity (Wildman–Crippen MR) is 72.9 cm³/mol. The molecule has 0 amide bonds. The molecule has 100 valence electrons.